The van der Waals surface area contributed by atoms with Crippen molar-refractivity contribution in [2.45, 2.75) is 11.6 Å². The number of carboxylic acids is 2. The van der Waals surface area contributed by atoms with E-state index in [9.17, 15) is 9.59 Å². The van der Waals surface area contributed by atoms with Crippen molar-refractivity contribution >= 4 is 34.7 Å². The third-order valence-electron chi connectivity index (χ3n) is 3.45. The minimum Gasteiger partial charge on any atom is -0.478 e. The summed E-state index contributed by atoms with van der Waals surface area (Å²) in [5.74, 6) is -2.62. The molecule has 3 aromatic rings. The number of H-pyrrole nitrogens is 1. The van der Waals surface area contributed by atoms with E-state index < -0.39 is 11.9 Å². The van der Waals surface area contributed by atoms with Gasteiger partial charge < -0.3 is 15.2 Å². The van der Waals surface area contributed by atoms with Crippen molar-refractivity contribution in [1.29, 1.82) is 0 Å². The number of hydrogen-bond acceptors (Lipinski definition) is 4. The minimum atomic E-state index is -1.31. The van der Waals surface area contributed by atoms with E-state index in [0.29, 0.717) is 16.7 Å². The monoisotopic (exact) mass is 354 g/mol. The number of benzene rings is 2. The fourth-order valence-electron chi connectivity index (χ4n) is 2.37. The molecule has 0 aliphatic heterocycles. The number of carboxylic acid groups (broad SMARTS) is 2. The van der Waals surface area contributed by atoms with Gasteiger partial charge >= 0.3 is 11.9 Å². The average molecular weight is 354 g/mol. The fraction of sp³-hybridized carbons (Fsp3) is 0.0556. The first-order valence-corrected chi connectivity index (χ1v) is 8.21. The predicted octanol–water partition coefficient (Wildman–Crippen LogP) is 3.30. The Hall–Kier alpha value is -3.06. The molecule has 6 nitrogen and oxygen atoms in total. The van der Waals surface area contributed by atoms with Crippen LogP contribution < -0.4 is 0 Å². The molecule has 0 aliphatic carbocycles. The first kappa shape index (κ1) is 16.8. The van der Waals surface area contributed by atoms with Crippen molar-refractivity contribution in [3.63, 3.8) is 0 Å². The van der Waals surface area contributed by atoms with Crippen molar-refractivity contribution < 1.29 is 19.8 Å². The molecule has 0 amide bonds. The lowest BCUT2D eigenvalue weighted by molar-refractivity contribution is -0.134. The van der Waals surface area contributed by atoms with Crippen LogP contribution in [0.15, 0.2) is 64.7 Å². The number of carbonyl (C=O) groups is 2. The number of imidazole rings is 1. The number of hydrogen-bond donors (Lipinski definition) is 3. The molecule has 0 radical (unpaired) electrons. The molecule has 7 heteroatoms. The van der Waals surface area contributed by atoms with E-state index in [0.717, 1.165) is 29.3 Å². The second kappa shape index (κ2) is 7.23. The highest BCUT2D eigenvalue weighted by Crippen LogP contribution is 2.27. The number of thioether (sulfide) groups is 1. The summed E-state index contributed by atoms with van der Waals surface area (Å²) in [6, 6.07) is 15.8. The lowest BCUT2D eigenvalue weighted by Gasteiger charge is -2.01. The highest BCUT2D eigenvalue weighted by atomic mass is 32.2. The standard InChI is InChI=1S/C18H14N2O4S/c21-16(22)10-15(17(23)24)25-18-19-13-7-6-12(9-14(13)20-18)8-11-4-2-1-3-5-11/h1-7,9-10H,8H2,(H,19,20)(H,21,22)(H,23,24). The summed E-state index contributed by atoms with van der Waals surface area (Å²) < 4.78 is 0. The molecule has 0 unspecified atom stereocenters. The predicted molar refractivity (Wildman–Crippen MR) is 94.6 cm³/mol. The zero-order valence-corrected chi connectivity index (χ0v) is 13.8. The first-order valence-electron chi connectivity index (χ1n) is 7.39. The smallest absolute Gasteiger partial charge is 0.342 e. The van der Waals surface area contributed by atoms with Gasteiger partial charge in [-0.3, -0.25) is 0 Å². The van der Waals surface area contributed by atoms with Gasteiger partial charge in [-0.15, -0.1) is 0 Å². The Bertz CT molecular complexity index is 964. The molecule has 3 N–H and O–H groups in total. The van der Waals surface area contributed by atoms with E-state index in [1.807, 2.05) is 48.5 Å². The SMILES string of the molecule is O=C(O)C=C(Sc1nc2ccc(Cc3ccccc3)cc2[nH]1)C(=O)O. The summed E-state index contributed by atoms with van der Waals surface area (Å²) in [5, 5.41) is 18.2. The normalized spacial score (nSPS) is 11.6. The topological polar surface area (TPSA) is 103 Å². The van der Waals surface area contributed by atoms with Crippen molar-refractivity contribution in [3.05, 3.63) is 70.6 Å². The largest absolute Gasteiger partial charge is 0.478 e. The van der Waals surface area contributed by atoms with E-state index in [-0.39, 0.29) is 4.91 Å². The van der Waals surface area contributed by atoms with Gasteiger partial charge in [0.15, 0.2) is 5.16 Å². The number of aliphatic carboxylic acids is 2. The maximum absolute atomic E-state index is 11.1. The molecule has 0 saturated carbocycles. The highest BCUT2D eigenvalue weighted by molar-refractivity contribution is 8.03. The highest BCUT2D eigenvalue weighted by Gasteiger charge is 2.14. The van der Waals surface area contributed by atoms with Crippen LogP contribution in [-0.4, -0.2) is 32.1 Å². The summed E-state index contributed by atoms with van der Waals surface area (Å²) in [7, 11) is 0. The maximum atomic E-state index is 11.1. The van der Waals surface area contributed by atoms with Crippen LogP contribution in [0.2, 0.25) is 0 Å². The van der Waals surface area contributed by atoms with Crippen LogP contribution in [0.25, 0.3) is 11.0 Å². The van der Waals surface area contributed by atoms with Gasteiger partial charge in [-0.2, -0.15) is 0 Å². The van der Waals surface area contributed by atoms with Gasteiger partial charge in [-0.05, 0) is 41.4 Å². The third kappa shape index (κ3) is 4.27. The average Bonchev–Trinajstić information content (AvgIpc) is 2.96. The molecule has 1 heterocycles. The summed E-state index contributed by atoms with van der Waals surface area (Å²) in [6.07, 6.45) is 1.43. The van der Waals surface area contributed by atoms with E-state index in [4.69, 9.17) is 10.2 Å². The maximum Gasteiger partial charge on any atom is 0.342 e. The summed E-state index contributed by atoms with van der Waals surface area (Å²) in [4.78, 5) is 28.9. The van der Waals surface area contributed by atoms with Crippen molar-refractivity contribution in [1.82, 2.24) is 9.97 Å². The Labute approximate surface area is 147 Å². The Morgan fingerprint density at radius 3 is 2.52 bits per heavy atom. The van der Waals surface area contributed by atoms with Gasteiger partial charge in [0.25, 0.3) is 0 Å². The molecule has 0 atom stereocenters. The van der Waals surface area contributed by atoms with Crippen molar-refractivity contribution in [2.75, 3.05) is 0 Å². The number of nitrogens with one attached hydrogen (secondary N) is 1. The lowest BCUT2D eigenvalue weighted by Crippen LogP contribution is -2.01. The van der Waals surface area contributed by atoms with Crippen LogP contribution in [0.5, 0.6) is 0 Å². The molecule has 0 bridgehead atoms. The van der Waals surface area contributed by atoms with Gasteiger partial charge in [0.1, 0.15) is 4.91 Å². The Balaban J connectivity index is 1.85. The molecular weight excluding hydrogens is 340 g/mol. The Morgan fingerprint density at radius 2 is 1.84 bits per heavy atom. The molecule has 25 heavy (non-hydrogen) atoms. The van der Waals surface area contributed by atoms with Crippen LogP contribution in [0, 0.1) is 0 Å². The molecule has 126 valence electrons. The van der Waals surface area contributed by atoms with Crippen LogP contribution >= 0.6 is 11.8 Å². The van der Waals surface area contributed by atoms with E-state index in [2.05, 4.69) is 9.97 Å². The fourth-order valence-corrected chi connectivity index (χ4v) is 3.13. The second-order valence-electron chi connectivity index (χ2n) is 5.31. The summed E-state index contributed by atoms with van der Waals surface area (Å²) in [6.45, 7) is 0. The quantitative estimate of drug-likeness (QED) is 0.463. The minimum absolute atomic E-state index is 0.309. The van der Waals surface area contributed by atoms with Gasteiger partial charge in [-0.25, -0.2) is 14.6 Å². The number of fused-ring (bicyclic) bond motifs is 1. The molecule has 0 fully saturated rings. The molecule has 3 rings (SSSR count). The number of nitrogens with zero attached hydrogens (tertiary/aromatic N) is 1. The van der Waals surface area contributed by atoms with Gasteiger partial charge in [0, 0.05) is 6.08 Å². The molecule has 0 aliphatic rings. The Kier molecular flexibility index (Phi) is 4.85. The van der Waals surface area contributed by atoms with Crippen molar-refractivity contribution in [2.24, 2.45) is 0 Å². The van der Waals surface area contributed by atoms with Crippen LogP contribution in [0.3, 0.4) is 0 Å². The number of aromatic amines is 1. The number of aromatic nitrogens is 2. The molecule has 2 aromatic carbocycles. The van der Waals surface area contributed by atoms with E-state index in [1.54, 1.807) is 0 Å². The third-order valence-corrected chi connectivity index (χ3v) is 4.35. The van der Waals surface area contributed by atoms with Crippen LogP contribution in [0.4, 0.5) is 0 Å². The zero-order chi connectivity index (χ0) is 17.8. The lowest BCUT2D eigenvalue weighted by atomic mass is 10.0. The number of rotatable bonds is 6. The molecular formula is C18H14N2O4S. The second-order valence-corrected chi connectivity index (χ2v) is 6.34. The zero-order valence-electron chi connectivity index (χ0n) is 13.0. The Morgan fingerprint density at radius 1 is 1.08 bits per heavy atom. The first-order chi connectivity index (χ1) is 12.0. The van der Waals surface area contributed by atoms with E-state index in [1.165, 1.54) is 5.56 Å². The molecule has 1 aromatic heterocycles. The molecule has 0 spiro atoms. The van der Waals surface area contributed by atoms with Crippen LogP contribution in [-0.2, 0) is 16.0 Å². The van der Waals surface area contributed by atoms with Gasteiger partial charge in [0.05, 0.1) is 11.0 Å². The van der Waals surface area contributed by atoms with Crippen molar-refractivity contribution in [3.8, 4) is 0 Å². The molecule has 0 saturated heterocycles. The van der Waals surface area contributed by atoms with Gasteiger partial charge in [0.2, 0.25) is 0 Å². The van der Waals surface area contributed by atoms with E-state index >= 15 is 0 Å². The summed E-state index contributed by atoms with van der Waals surface area (Å²) >= 11 is 0.775. The van der Waals surface area contributed by atoms with Gasteiger partial charge in [-0.1, -0.05) is 36.4 Å². The van der Waals surface area contributed by atoms with Crippen LogP contribution in [0.1, 0.15) is 11.1 Å². The summed E-state index contributed by atoms with van der Waals surface area (Å²) in [5.41, 5.74) is 3.75.